The number of nitrogens with zero attached hydrogens (tertiary/aromatic N) is 2. The molecule has 1 atom stereocenters. The van der Waals surface area contributed by atoms with E-state index in [1.807, 2.05) is 0 Å². The van der Waals surface area contributed by atoms with Crippen LogP contribution in [0, 0.1) is 6.92 Å². The normalized spacial score (nSPS) is 11.6. The Morgan fingerprint density at radius 3 is 2.40 bits per heavy atom. The van der Waals surface area contributed by atoms with E-state index in [-0.39, 0.29) is 18.0 Å². The quantitative estimate of drug-likeness (QED) is 0.728. The molecule has 1 aromatic heterocycles. The Kier molecular flexibility index (Phi) is 5.43. The number of primary amides is 1. The number of carbonyl (C=O) groups excluding carboxylic acids is 4. The van der Waals surface area contributed by atoms with Crippen LogP contribution in [0.2, 0.25) is 0 Å². The third-order valence-corrected chi connectivity index (χ3v) is 3.63. The van der Waals surface area contributed by atoms with Crippen molar-refractivity contribution in [2.45, 2.75) is 26.3 Å². The molecule has 0 radical (unpaired) electrons. The molecule has 0 aliphatic rings. The van der Waals surface area contributed by atoms with Crippen molar-refractivity contribution in [3.05, 3.63) is 53.6 Å². The minimum absolute atomic E-state index is 0.0136. The van der Waals surface area contributed by atoms with Crippen LogP contribution in [0.4, 0.5) is 0 Å². The maximum Gasteiger partial charge on any atom is 0.287 e. The molecule has 1 heterocycles. The van der Waals surface area contributed by atoms with Gasteiger partial charge in [0.15, 0.2) is 0 Å². The smallest absolute Gasteiger partial charge is 0.287 e. The Hall–Kier alpha value is -3.29. The predicted molar refractivity (Wildman–Crippen MR) is 88.9 cm³/mol. The second-order valence-electron chi connectivity index (χ2n) is 5.49. The van der Waals surface area contributed by atoms with E-state index < -0.39 is 23.6 Å². The summed E-state index contributed by atoms with van der Waals surface area (Å²) in [6, 6.07) is 7.74. The van der Waals surface area contributed by atoms with Crippen LogP contribution in [-0.4, -0.2) is 39.1 Å². The number of Topliss-reactive ketones (excluding diaryl/α,β-unsaturated/α-hetero) is 1. The Balaban J connectivity index is 2.27. The Morgan fingerprint density at radius 1 is 1.20 bits per heavy atom. The summed E-state index contributed by atoms with van der Waals surface area (Å²) in [7, 11) is 0. The van der Waals surface area contributed by atoms with Gasteiger partial charge in [-0.25, -0.2) is 4.98 Å². The van der Waals surface area contributed by atoms with Crippen LogP contribution in [-0.2, 0) is 16.0 Å². The van der Waals surface area contributed by atoms with Gasteiger partial charge in [0.05, 0.1) is 6.20 Å². The number of hydrogen-bond donors (Lipinski definition) is 2. The van der Waals surface area contributed by atoms with Gasteiger partial charge >= 0.3 is 0 Å². The van der Waals surface area contributed by atoms with Crippen LogP contribution in [0.5, 0.6) is 0 Å². The number of amides is 2. The summed E-state index contributed by atoms with van der Waals surface area (Å²) in [5, 5.41) is 2.47. The molecule has 0 aliphatic carbocycles. The number of aryl methyl sites for hydroxylation is 1. The largest absolute Gasteiger partial charge is 0.363 e. The summed E-state index contributed by atoms with van der Waals surface area (Å²) in [4.78, 5) is 51.4. The molecule has 1 aromatic carbocycles. The lowest BCUT2D eigenvalue weighted by Gasteiger charge is -2.16. The number of hydrogen-bond acceptors (Lipinski definition) is 5. The SMILES string of the molecule is CC(=O)n1c(C(=O)NC(Cc2ccccc2)C(=O)C(N)=O)cnc1C. The van der Waals surface area contributed by atoms with Gasteiger partial charge in [0.25, 0.3) is 11.8 Å². The second kappa shape index (κ2) is 7.52. The number of carbonyl (C=O) groups is 4. The van der Waals surface area contributed by atoms with Crippen molar-refractivity contribution >= 4 is 23.5 Å². The van der Waals surface area contributed by atoms with Gasteiger partial charge in [0.2, 0.25) is 11.7 Å². The summed E-state index contributed by atoms with van der Waals surface area (Å²) >= 11 is 0. The molecule has 130 valence electrons. The number of benzene rings is 1. The zero-order chi connectivity index (χ0) is 18.6. The number of rotatable bonds is 6. The van der Waals surface area contributed by atoms with Gasteiger partial charge in [-0.15, -0.1) is 0 Å². The standard InChI is InChI=1S/C17H18N4O4/c1-10-19-9-14(21(10)11(2)22)17(25)20-13(15(23)16(18)24)8-12-6-4-3-5-7-12/h3-7,9,13H,8H2,1-2H3,(H2,18,24)(H,20,25). The van der Waals surface area contributed by atoms with Gasteiger partial charge in [-0.1, -0.05) is 30.3 Å². The van der Waals surface area contributed by atoms with Crippen LogP contribution in [0.1, 0.15) is 33.6 Å². The van der Waals surface area contributed by atoms with E-state index in [0.717, 1.165) is 10.1 Å². The van der Waals surface area contributed by atoms with E-state index in [1.165, 1.54) is 13.1 Å². The molecule has 1 unspecified atom stereocenters. The lowest BCUT2D eigenvalue weighted by molar-refractivity contribution is -0.137. The first-order valence-electron chi connectivity index (χ1n) is 7.55. The fourth-order valence-corrected chi connectivity index (χ4v) is 2.46. The lowest BCUT2D eigenvalue weighted by Crippen LogP contribution is -2.47. The van der Waals surface area contributed by atoms with Crippen LogP contribution >= 0.6 is 0 Å². The number of nitrogens with one attached hydrogen (secondary N) is 1. The van der Waals surface area contributed by atoms with E-state index in [2.05, 4.69) is 10.3 Å². The molecule has 2 aromatic rings. The van der Waals surface area contributed by atoms with Crippen LogP contribution in [0.25, 0.3) is 0 Å². The monoisotopic (exact) mass is 342 g/mol. The van der Waals surface area contributed by atoms with Gasteiger partial charge in [-0.05, 0) is 12.5 Å². The van der Waals surface area contributed by atoms with Crippen molar-refractivity contribution in [1.29, 1.82) is 0 Å². The van der Waals surface area contributed by atoms with Gasteiger partial charge < -0.3 is 11.1 Å². The predicted octanol–water partition coefficient (Wildman–Crippen LogP) is 0.247. The molecular formula is C17H18N4O4. The highest BCUT2D eigenvalue weighted by atomic mass is 16.2. The van der Waals surface area contributed by atoms with Crippen LogP contribution in [0.3, 0.4) is 0 Å². The first-order chi connectivity index (χ1) is 11.8. The summed E-state index contributed by atoms with van der Waals surface area (Å²) in [5.74, 6) is -2.79. The van der Waals surface area contributed by atoms with E-state index in [9.17, 15) is 19.2 Å². The molecule has 2 rings (SSSR count). The fourth-order valence-electron chi connectivity index (χ4n) is 2.46. The van der Waals surface area contributed by atoms with E-state index in [4.69, 9.17) is 5.73 Å². The molecule has 0 fully saturated rings. The van der Waals surface area contributed by atoms with Crippen molar-refractivity contribution in [3.63, 3.8) is 0 Å². The number of ketones is 1. The Labute approximate surface area is 144 Å². The number of nitrogens with two attached hydrogens (primary N) is 1. The van der Waals surface area contributed by atoms with E-state index in [0.29, 0.717) is 5.82 Å². The third-order valence-electron chi connectivity index (χ3n) is 3.63. The van der Waals surface area contributed by atoms with Gasteiger partial charge in [-0.2, -0.15) is 0 Å². The highest BCUT2D eigenvalue weighted by Crippen LogP contribution is 2.08. The van der Waals surface area contributed by atoms with Crippen LogP contribution in [0.15, 0.2) is 36.5 Å². The molecule has 8 heteroatoms. The van der Waals surface area contributed by atoms with Crippen LogP contribution < -0.4 is 11.1 Å². The van der Waals surface area contributed by atoms with Crippen molar-refractivity contribution < 1.29 is 19.2 Å². The first-order valence-corrected chi connectivity index (χ1v) is 7.55. The fraction of sp³-hybridized carbons (Fsp3) is 0.235. The maximum atomic E-state index is 12.5. The second-order valence-corrected chi connectivity index (χ2v) is 5.49. The summed E-state index contributed by atoms with van der Waals surface area (Å²) in [6.07, 6.45) is 1.34. The minimum Gasteiger partial charge on any atom is -0.363 e. The molecular weight excluding hydrogens is 324 g/mol. The number of aromatic nitrogens is 2. The zero-order valence-electron chi connectivity index (χ0n) is 13.9. The highest BCUT2D eigenvalue weighted by Gasteiger charge is 2.27. The van der Waals surface area contributed by atoms with Crippen molar-refractivity contribution in [3.8, 4) is 0 Å². The summed E-state index contributed by atoms with van der Waals surface area (Å²) < 4.78 is 1.13. The molecule has 25 heavy (non-hydrogen) atoms. The Bertz CT molecular complexity index is 826. The molecule has 0 saturated heterocycles. The van der Waals surface area contributed by atoms with Gasteiger partial charge in [0.1, 0.15) is 17.6 Å². The molecule has 0 spiro atoms. The zero-order valence-corrected chi connectivity index (χ0v) is 13.9. The first kappa shape index (κ1) is 18.1. The van der Waals surface area contributed by atoms with Crippen molar-refractivity contribution in [2.75, 3.05) is 0 Å². The van der Waals surface area contributed by atoms with Crippen molar-refractivity contribution in [1.82, 2.24) is 14.9 Å². The average Bonchev–Trinajstić information content (AvgIpc) is 2.96. The average molecular weight is 342 g/mol. The van der Waals surface area contributed by atoms with Crippen molar-refractivity contribution in [2.24, 2.45) is 5.73 Å². The highest BCUT2D eigenvalue weighted by molar-refractivity contribution is 6.38. The Morgan fingerprint density at radius 2 is 1.84 bits per heavy atom. The molecule has 8 nitrogen and oxygen atoms in total. The third kappa shape index (κ3) is 4.17. The molecule has 2 amide bonds. The number of imidazole rings is 1. The molecule has 0 bridgehead atoms. The maximum absolute atomic E-state index is 12.5. The van der Waals surface area contributed by atoms with E-state index in [1.54, 1.807) is 37.3 Å². The molecule has 0 saturated carbocycles. The van der Waals surface area contributed by atoms with E-state index >= 15 is 0 Å². The minimum atomic E-state index is -1.14. The summed E-state index contributed by atoms with van der Waals surface area (Å²) in [6.45, 7) is 2.87. The molecule has 0 aliphatic heterocycles. The summed E-state index contributed by atoms with van der Waals surface area (Å²) in [5.41, 5.74) is 5.81. The topological polar surface area (TPSA) is 124 Å². The van der Waals surface area contributed by atoms with Gasteiger partial charge in [0, 0.05) is 13.3 Å². The van der Waals surface area contributed by atoms with Gasteiger partial charge in [-0.3, -0.25) is 23.7 Å². The lowest BCUT2D eigenvalue weighted by atomic mass is 10.0. The molecule has 3 N–H and O–H groups in total.